The number of hydrogen-bond donors (Lipinski definition) is 2. The Morgan fingerprint density at radius 1 is 1.21 bits per heavy atom. The van der Waals surface area contributed by atoms with Crippen molar-refractivity contribution in [2.75, 3.05) is 11.9 Å². The van der Waals surface area contributed by atoms with Crippen LogP contribution in [0.2, 0.25) is 5.02 Å². The highest BCUT2D eigenvalue weighted by Gasteiger charge is 2.72. The largest absolute Gasteiger partial charge is 0.359 e. The summed E-state index contributed by atoms with van der Waals surface area (Å²) < 4.78 is 6.36. The van der Waals surface area contributed by atoms with E-state index >= 15 is 0 Å². The van der Waals surface area contributed by atoms with Gasteiger partial charge in [0.2, 0.25) is 17.7 Å². The molecule has 4 aliphatic rings. The van der Waals surface area contributed by atoms with Gasteiger partial charge in [-0.1, -0.05) is 62.4 Å². The first kappa shape index (κ1) is 23.4. The number of carbonyl (C=O) groups is 3. The monoisotopic (exact) mass is 485 g/mol. The summed E-state index contributed by atoms with van der Waals surface area (Å²) in [7, 11) is 0. The lowest BCUT2D eigenvalue weighted by atomic mass is 9.74. The lowest BCUT2D eigenvalue weighted by molar-refractivity contribution is -0.141. The van der Waals surface area contributed by atoms with Crippen LogP contribution in [0, 0.1) is 11.8 Å². The highest BCUT2D eigenvalue weighted by atomic mass is 35.5. The summed E-state index contributed by atoms with van der Waals surface area (Å²) in [5.41, 5.74) is -0.539. The Hall–Kier alpha value is -2.38. The molecule has 0 radical (unpaired) electrons. The van der Waals surface area contributed by atoms with Crippen LogP contribution >= 0.6 is 11.6 Å². The lowest BCUT2D eigenvalue weighted by Gasteiger charge is -2.34. The Kier molecular flexibility index (Phi) is 6.42. The zero-order valence-corrected chi connectivity index (χ0v) is 20.2. The Bertz CT molecular complexity index is 1010. The van der Waals surface area contributed by atoms with Gasteiger partial charge in [-0.25, -0.2) is 0 Å². The van der Waals surface area contributed by atoms with E-state index in [-0.39, 0.29) is 23.8 Å². The van der Waals surface area contributed by atoms with Gasteiger partial charge in [0.25, 0.3) is 0 Å². The van der Waals surface area contributed by atoms with E-state index in [1.54, 1.807) is 29.2 Å². The van der Waals surface area contributed by atoms with E-state index in [1.807, 2.05) is 12.2 Å². The minimum Gasteiger partial charge on any atom is -0.359 e. The molecule has 3 amide bonds. The van der Waals surface area contributed by atoms with Crippen molar-refractivity contribution in [2.45, 2.75) is 75.7 Å². The van der Waals surface area contributed by atoms with Crippen molar-refractivity contribution in [1.29, 1.82) is 0 Å². The molecule has 182 valence electrons. The van der Waals surface area contributed by atoms with Gasteiger partial charge in [-0.2, -0.15) is 0 Å². The molecule has 34 heavy (non-hydrogen) atoms. The maximum Gasteiger partial charge on any atom is 0.246 e. The zero-order chi connectivity index (χ0) is 23.9. The molecule has 1 aromatic rings. The van der Waals surface area contributed by atoms with Gasteiger partial charge in [0.05, 0.1) is 17.9 Å². The molecular weight excluding hydrogens is 454 g/mol. The maximum absolute atomic E-state index is 13.7. The topological polar surface area (TPSA) is 87.7 Å². The molecule has 1 aromatic carbocycles. The number of unbranched alkanes of at least 4 members (excludes halogenated alkanes) is 1. The number of amides is 3. The molecule has 1 saturated carbocycles. The second-order valence-electron chi connectivity index (χ2n) is 9.93. The highest BCUT2D eigenvalue weighted by Crippen LogP contribution is 2.55. The predicted molar refractivity (Wildman–Crippen MR) is 129 cm³/mol. The SMILES string of the molecule is CCCCN1C(=O)C2C(C(=O)Nc3cccc(Cl)c3)C3C=CC2(O3)C1C(=O)NC1CCCCC1. The first-order valence-electron chi connectivity index (χ1n) is 12.5. The summed E-state index contributed by atoms with van der Waals surface area (Å²) in [6.07, 6.45) is 10.2. The van der Waals surface area contributed by atoms with Gasteiger partial charge in [0.15, 0.2) is 0 Å². The molecule has 1 spiro atoms. The molecule has 8 heteroatoms. The van der Waals surface area contributed by atoms with Gasteiger partial charge in [-0.05, 0) is 37.5 Å². The van der Waals surface area contributed by atoms with E-state index in [0.29, 0.717) is 17.3 Å². The van der Waals surface area contributed by atoms with Crippen LogP contribution in [0.5, 0.6) is 0 Å². The summed E-state index contributed by atoms with van der Waals surface area (Å²) in [4.78, 5) is 42.4. The van der Waals surface area contributed by atoms with Gasteiger partial charge >= 0.3 is 0 Å². The van der Waals surface area contributed by atoms with E-state index in [0.717, 1.165) is 38.5 Å². The van der Waals surface area contributed by atoms with Crippen molar-refractivity contribution in [1.82, 2.24) is 10.2 Å². The molecule has 3 aliphatic heterocycles. The van der Waals surface area contributed by atoms with E-state index < -0.39 is 29.6 Å². The average molecular weight is 486 g/mol. The molecule has 1 aliphatic carbocycles. The normalized spacial score (nSPS) is 32.2. The summed E-state index contributed by atoms with van der Waals surface area (Å²) in [5, 5.41) is 6.62. The van der Waals surface area contributed by atoms with Crippen LogP contribution in [-0.2, 0) is 19.1 Å². The summed E-state index contributed by atoms with van der Waals surface area (Å²) >= 11 is 6.07. The number of benzene rings is 1. The third-order valence-electron chi connectivity index (χ3n) is 7.72. The standard InChI is InChI=1S/C26H32ClN3O4/c1-2-3-14-30-22(24(32)28-17-9-5-4-6-10-17)26-13-12-19(34-26)20(21(26)25(30)33)23(31)29-18-11-7-8-16(27)15-18/h7-8,11-13,15,17,19-22H,2-6,9-10,14H2,1H3,(H,28,32)(H,29,31). The average Bonchev–Trinajstić information content (AvgIpc) is 3.45. The maximum atomic E-state index is 13.7. The van der Waals surface area contributed by atoms with Gasteiger partial charge in [0.1, 0.15) is 11.6 Å². The number of anilines is 1. The van der Waals surface area contributed by atoms with Crippen LogP contribution in [0.1, 0.15) is 51.9 Å². The number of rotatable bonds is 7. The van der Waals surface area contributed by atoms with Crippen LogP contribution in [0.15, 0.2) is 36.4 Å². The molecule has 2 saturated heterocycles. The van der Waals surface area contributed by atoms with Crippen molar-refractivity contribution < 1.29 is 19.1 Å². The van der Waals surface area contributed by atoms with Crippen molar-refractivity contribution in [3.05, 3.63) is 41.4 Å². The second kappa shape index (κ2) is 9.34. The number of carbonyl (C=O) groups excluding carboxylic acids is 3. The zero-order valence-electron chi connectivity index (χ0n) is 19.5. The van der Waals surface area contributed by atoms with Crippen LogP contribution in [0.4, 0.5) is 5.69 Å². The van der Waals surface area contributed by atoms with Gasteiger partial charge in [-0.15, -0.1) is 0 Å². The van der Waals surface area contributed by atoms with Crippen molar-refractivity contribution in [2.24, 2.45) is 11.8 Å². The van der Waals surface area contributed by atoms with Crippen molar-refractivity contribution >= 4 is 35.0 Å². The van der Waals surface area contributed by atoms with E-state index in [4.69, 9.17) is 16.3 Å². The Balaban J connectivity index is 1.42. The van der Waals surface area contributed by atoms with Gasteiger partial charge in [0, 0.05) is 23.3 Å². The van der Waals surface area contributed by atoms with Crippen LogP contribution < -0.4 is 10.6 Å². The fourth-order valence-electron chi connectivity index (χ4n) is 6.16. The molecule has 3 heterocycles. The Morgan fingerprint density at radius 2 is 2.00 bits per heavy atom. The van der Waals surface area contributed by atoms with Crippen LogP contribution in [0.3, 0.4) is 0 Å². The van der Waals surface area contributed by atoms with E-state index in [2.05, 4.69) is 17.6 Å². The number of nitrogens with zero attached hydrogens (tertiary/aromatic N) is 1. The van der Waals surface area contributed by atoms with E-state index in [1.165, 1.54) is 6.42 Å². The summed E-state index contributed by atoms with van der Waals surface area (Å²) in [6.45, 7) is 2.53. The molecule has 2 bridgehead atoms. The van der Waals surface area contributed by atoms with Crippen LogP contribution in [-0.4, -0.2) is 53.0 Å². The predicted octanol–water partition coefficient (Wildman–Crippen LogP) is 3.68. The molecule has 0 aromatic heterocycles. The first-order chi connectivity index (χ1) is 16.4. The Labute approximate surface area is 205 Å². The number of ether oxygens (including phenoxy) is 1. The molecule has 5 unspecified atom stereocenters. The van der Waals surface area contributed by atoms with Crippen molar-refractivity contribution in [3.8, 4) is 0 Å². The smallest absolute Gasteiger partial charge is 0.246 e. The fraction of sp³-hybridized carbons (Fsp3) is 0.577. The third-order valence-corrected chi connectivity index (χ3v) is 7.96. The minimum absolute atomic E-state index is 0.129. The van der Waals surface area contributed by atoms with E-state index in [9.17, 15) is 14.4 Å². The fourth-order valence-corrected chi connectivity index (χ4v) is 6.35. The van der Waals surface area contributed by atoms with Gasteiger partial charge in [-0.3, -0.25) is 14.4 Å². The minimum atomic E-state index is -1.11. The quantitative estimate of drug-likeness (QED) is 0.577. The number of nitrogens with one attached hydrogen (secondary N) is 2. The lowest BCUT2D eigenvalue weighted by Crippen LogP contribution is -2.56. The third kappa shape index (κ3) is 3.93. The van der Waals surface area contributed by atoms with Crippen LogP contribution in [0.25, 0.3) is 0 Å². The number of hydrogen-bond acceptors (Lipinski definition) is 4. The van der Waals surface area contributed by atoms with Crippen molar-refractivity contribution in [3.63, 3.8) is 0 Å². The van der Waals surface area contributed by atoms with Gasteiger partial charge < -0.3 is 20.3 Å². The summed E-state index contributed by atoms with van der Waals surface area (Å²) in [5.74, 6) is -2.05. The molecule has 3 fully saturated rings. The molecule has 2 N–H and O–H groups in total. The molecule has 5 rings (SSSR count). The Morgan fingerprint density at radius 3 is 2.74 bits per heavy atom. The molecular formula is C26H32ClN3O4. The highest BCUT2D eigenvalue weighted by molar-refractivity contribution is 6.30. The first-order valence-corrected chi connectivity index (χ1v) is 12.9. The summed E-state index contributed by atoms with van der Waals surface area (Å²) in [6, 6.07) is 6.29. The molecule has 5 atom stereocenters. The second-order valence-corrected chi connectivity index (χ2v) is 10.4. The number of halogens is 1. The molecule has 7 nitrogen and oxygen atoms in total. The number of fused-ring (bicyclic) bond motifs is 1. The number of likely N-dealkylation sites (tertiary alicyclic amines) is 1.